The number of carbonyl (C=O) groups excluding carboxylic acids is 4. The fourth-order valence-electron chi connectivity index (χ4n) is 0. The van der Waals surface area contributed by atoms with Crippen molar-refractivity contribution in [1.82, 2.24) is 12.3 Å². The van der Waals surface area contributed by atoms with Crippen LogP contribution in [0, 0.1) is 0 Å². The van der Waals surface area contributed by atoms with Crippen LogP contribution in [0.3, 0.4) is 0 Å². The molecule has 0 bridgehead atoms. The zero-order valence-electron chi connectivity index (χ0n) is 8.17. The first kappa shape index (κ1) is 29.2. The van der Waals surface area contributed by atoms with E-state index in [1.807, 2.05) is 0 Å². The Balaban J connectivity index is -0.0000000393. The molecule has 0 fully saturated rings. The molecule has 0 aromatic carbocycles. The van der Waals surface area contributed by atoms with E-state index in [1.54, 1.807) is 0 Å². The Morgan fingerprint density at radius 2 is 0.625 bits per heavy atom. The fourth-order valence-corrected chi connectivity index (χ4v) is 0. The molecule has 0 aliphatic rings. The van der Waals surface area contributed by atoms with Crippen LogP contribution in [0.25, 0.3) is 0 Å². The van der Waals surface area contributed by atoms with Gasteiger partial charge in [0.15, 0.2) is 0 Å². The summed E-state index contributed by atoms with van der Waals surface area (Å²) in [5, 5.41) is 35.7. The molecule has 8 N–H and O–H groups in total. The van der Waals surface area contributed by atoms with Gasteiger partial charge in [0.25, 0.3) is 0 Å². The maximum absolute atomic E-state index is 8.93. The molecule has 0 saturated heterocycles. The van der Waals surface area contributed by atoms with Gasteiger partial charge in [-0.1, -0.05) is 0 Å². The topological polar surface area (TPSA) is 251 Å². The SMILES string of the molecule is O=C([O-])C(=O)[O-].O=C([O-])C(=O)[O-].[NH4+].[NH4+].[O]=[Ti+2]. The number of aliphatic carboxylic acids is 4. The molecule has 0 radical (unpaired) electrons. The molecule has 0 amide bonds. The van der Waals surface area contributed by atoms with E-state index in [2.05, 4.69) is 0 Å². The van der Waals surface area contributed by atoms with E-state index in [9.17, 15) is 0 Å². The maximum atomic E-state index is 8.93. The second-order valence-corrected chi connectivity index (χ2v) is 1.15. The van der Waals surface area contributed by atoms with Crippen molar-refractivity contribution in [1.29, 1.82) is 0 Å². The normalized spacial score (nSPS) is 5.88. The number of hydrogen-bond acceptors (Lipinski definition) is 9. The summed E-state index contributed by atoms with van der Waals surface area (Å²) in [5.41, 5.74) is 0. The summed E-state index contributed by atoms with van der Waals surface area (Å²) in [6, 6.07) is 0. The van der Waals surface area contributed by atoms with Gasteiger partial charge >= 0.3 is 23.7 Å². The third-order valence-corrected chi connectivity index (χ3v) is 0.333. The van der Waals surface area contributed by atoms with Crippen LogP contribution >= 0.6 is 0 Å². The van der Waals surface area contributed by atoms with E-state index in [0.29, 0.717) is 0 Å². The first-order valence-electron chi connectivity index (χ1n) is 2.34. The van der Waals surface area contributed by atoms with E-state index >= 15 is 0 Å². The third kappa shape index (κ3) is 39.5. The van der Waals surface area contributed by atoms with Gasteiger partial charge in [-0.2, -0.15) is 0 Å². The average Bonchev–Trinajstić information content (AvgIpc) is 2.08. The predicted octanol–water partition coefficient (Wildman–Crippen LogP) is -6.40. The van der Waals surface area contributed by atoms with Gasteiger partial charge in [0.2, 0.25) is 0 Å². The molecule has 12 heteroatoms. The minimum absolute atomic E-state index is 0. The van der Waals surface area contributed by atoms with Crippen LogP contribution in [0.1, 0.15) is 0 Å². The summed E-state index contributed by atoms with van der Waals surface area (Å²) in [4.78, 5) is 35.7. The van der Waals surface area contributed by atoms with Crippen molar-refractivity contribution in [3.05, 3.63) is 0 Å². The Kier molecular flexibility index (Phi) is 34.7. The molecule has 0 atom stereocenters. The molecule has 0 aliphatic carbocycles. The van der Waals surface area contributed by atoms with Crippen LogP contribution in [-0.2, 0) is 42.9 Å². The van der Waals surface area contributed by atoms with Gasteiger partial charge in [-0.05, 0) is 0 Å². The number of carboxylic acids is 4. The number of quaternary nitrogens is 2. The summed E-state index contributed by atoms with van der Waals surface area (Å²) in [6.45, 7) is 0. The van der Waals surface area contributed by atoms with Crippen LogP contribution < -0.4 is 32.7 Å². The first-order valence-corrected chi connectivity index (χ1v) is 2.97. The van der Waals surface area contributed by atoms with Crippen molar-refractivity contribution in [3.63, 3.8) is 0 Å². The van der Waals surface area contributed by atoms with Crippen molar-refractivity contribution in [2.45, 2.75) is 0 Å². The number of rotatable bonds is 0. The van der Waals surface area contributed by atoms with Gasteiger partial charge in [-0.3, -0.25) is 0 Å². The molecule has 11 nitrogen and oxygen atoms in total. The van der Waals surface area contributed by atoms with Crippen LogP contribution in [0.15, 0.2) is 0 Å². The minimum atomic E-state index is -2.19. The first-order chi connectivity index (χ1) is 6.29. The number of carbonyl (C=O) groups is 4. The van der Waals surface area contributed by atoms with Crippen molar-refractivity contribution in [2.24, 2.45) is 0 Å². The van der Waals surface area contributed by atoms with Crippen LogP contribution in [0.2, 0.25) is 0 Å². The van der Waals surface area contributed by atoms with E-state index < -0.39 is 23.9 Å². The van der Waals surface area contributed by atoms with Gasteiger partial charge in [0.1, 0.15) is 0 Å². The molecule has 0 heterocycles. The second-order valence-electron chi connectivity index (χ2n) is 1.15. The molecule has 0 rings (SSSR count). The van der Waals surface area contributed by atoms with E-state index in [-0.39, 0.29) is 12.3 Å². The van der Waals surface area contributed by atoms with Crippen molar-refractivity contribution in [2.75, 3.05) is 0 Å². The Bertz CT molecular complexity index is 194. The summed E-state index contributed by atoms with van der Waals surface area (Å²) in [6.07, 6.45) is 0. The molecular formula is C4H8N2O9Ti. The molecule has 0 spiro atoms. The Hall–Kier alpha value is -1.69. The summed E-state index contributed by atoms with van der Waals surface area (Å²) >= 11 is 0.750. The molecule has 0 saturated carbocycles. The van der Waals surface area contributed by atoms with Gasteiger partial charge < -0.3 is 51.9 Å². The predicted molar refractivity (Wildman–Crippen MR) is 32.7 cm³/mol. The Morgan fingerprint density at radius 3 is 0.625 bits per heavy atom. The quantitative estimate of drug-likeness (QED) is 0.314. The Morgan fingerprint density at radius 1 is 0.562 bits per heavy atom. The van der Waals surface area contributed by atoms with E-state index in [1.165, 1.54) is 0 Å². The molecule has 92 valence electrons. The monoisotopic (exact) mass is 276 g/mol. The summed E-state index contributed by atoms with van der Waals surface area (Å²) in [7, 11) is 0. The number of hydrogen-bond donors (Lipinski definition) is 2. The zero-order valence-corrected chi connectivity index (χ0v) is 9.74. The van der Waals surface area contributed by atoms with Gasteiger partial charge in [0, 0.05) is 0 Å². The summed E-state index contributed by atoms with van der Waals surface area (Å²) < 4.78 is 8.25. The number of carboxylic acid groups (broad SMARTS) is 4. The molecular weight excluding hydrogens is 268 g/mol. The van der Waals surface area contributed by atoms with E-state index in [4.69, 9.17) is 42.9 Å². The molecule has 0 unspecified atom stereocenters. The van der Waals surface area contributed by atoms with Crippen LogP contribution in [-0.4, -0.2) is 23.9 Å². The zero-order chi connectivity index (χ0) is 12.3. The molecule has 0 aromatic rings. The Labute approximate surface area is 100.0 Å². The van der Waals surface area contributed by atoms with Gasteiger partial charge in [0.05, 0.1) is 23.9 Å². The summed E-state index contributed by atoms with van der Waals surface area (Å²) in [5.74, 6) is -8.74. The third-order valence-electron chi connectivity index (χ3n) is 0.333. The van der Waals surface area contributed by atoms with Gasteiger partial charge in [-0.15, -0.1) is 0 Å². The van der Waals surface area contributed by atoms with Gasteiger partial charge in [-0.25, -0.2) is 0 Å². The molecule has 0 aromatic heterocycles. The standard InChI is InChI=1S/2C2H2O4.2H3N.O.Ti/c2*3-1(4)2(5)6;;;;/h2*(H,3,4)(H,5,6);2*1H3;;/q;;;;;+2/p-2. The average molecular weight is 276 g/mol. The fraction of sp³-hybridized carbons (Fsp3) is 0. The van der Waals surface area contributed by atoms with E-state index in [0.717, 1.165) is 20.4 Å². The molecule has 0 aliphatic heterocycles. The van der Waals surface area contributed by atoms with Crippen molar-refractivity contribution in [3.8, 4) is 0 Å². The van der Waals surface area contributed by atoms with Crippen molar-refractivity contribution < 1.29 is 63.3 Å². The van der Waals surface area contributed by atoms with Crippen molar-refractivity contribution >= 4 is 23.9 Å². The second kappa shape index (κ2) is 19.0. The van der Waals surface area contributed by atoms with Crippen LogP contribution in [0.5, 0.6) is 0 Å². The molecule has 16 heavy (non-hydrogen) atoms. The van der Waals surface area contributed by atoms with Crippen LogP contribution in [0.4, 0.5) is 0 Å².